The van der Waals surface area contributed by atoms with Gasteiger partial charge >= 0.3 is 5.97 Å². The molecule has 0 saturated carbocycles. The highest BCUT2D eigenvalue weighted by Gasteiger charge is 2.12. The van der Waals surface area contributed by atoms with Gasteiger partial charge in [0.25, 0.3) is 11.8 Å². The molecule has 0 heterocycles. The van der Waals surface area contributed by atoms with Crippen LogP contribution in [0.3, 0.4) is 0 Å². The van der Waals surface area contributed by atoms with E-state index >= 15 is 0 Å². The van der Waals surface area contributed by atoms with Crippen LogP contribution in [0, 0.1) is 17.1 Å². The summed E-state index contributed by atoms with van der Waals surface area (Å²) in [5.41, 5.74) is 0.633. The van der Waals surface area contributed by atoms with Crippen molar-refractivity contribution in [3.05, 3.63) is 65.5 Å². The van der Waals surface area contributed by atoms with Crippen LogP contribution in [0.4, 0.5) is 10.1 Å². The fourth-order valence-corrected chi connectivity index (χ4v) is 1.96. The molecule has 2 rings (SSSR count). The number of rotatable bonds is 6. The number of hydrogen-bond donors (Lipinski definition) is 2. The fraction of sp³-hybridized carbons (Fsp3) is 0.111. The van der Waals surface area contributed by atoms with E-state index in [9.17, 15) is 18.8 Å². The Balaban J connectivity index is 1.77. The second kappa shape index (κ2) is 8.94. The zero-order valence-corrected chi connectivity index (χ0v) is 13.5. The molecule has 8 heteroatoms. The number of carbonyl (C=O) groups is 3. The zero-order chi connectivity index (χ0) is 18.9. The number of benzene rings is 2. The van der Waals surface area contributed by atoms with Crippen LogP contribution in [0.25, 0.3) is 0 Å². The standard InChI is InChI=1S/C18H14FN3O4/c19-14-6-3-5-12(8-14)18(25)21-10-17(24)26-11-16(23)22-15-7-2-1-4-13(15)9-20/h1-8H,10-11H2,(H,21,25)(H,22,23). The van der Waals surface area contributed by atoms with E-state index in [2.05, 4.69) is 10.6 Å². The predicted octanol–water partition coefficient (Wildman–Crippen LogP) is 1.61. The molecule has 2 aromatic rings. The molecule has 132 valence electrons. The van der Waals surface area contributed by atoms with Crippen molar-refractivity contribution in [2.75, 3.05) is 18.5 Å². The summed E-state index contributed by atoms with van der Waals surface area (Å²) in [5.74, 6) is -2.68. The maximum absolute atomic E-state index is 13.0. The molecular weight excluding hydrogens is 341 g/mol. The average Bonchev–Trinajstić information content (AvgIpc) is 2.64. The predicted molar refractivity (Wildman–Crippen MR) is 89.5 cm³/mol. The lowest BCUT2D eigenvalue weighted by Crippen LogP contribution is -2.32. The van der Waals surface area contributed by atoms with Crippen LogP contribution < -0.4 is 10.6 Å². The number of nitriles is 1. The van der Waals surface area contributed by atoms with Gasteiger partial charge in [-0.25, -0.2) is 4.39 Å². The number of para-hydroxylation sites is 1. The number of hydrogen-bond acceptors (Lipinski definition) is 5. The monoisotopic (exact) mass is 355 g/mol. The Kier molecular flexibility index (Phi) is 6.40. The van der Waals surface area contributed by atoms with E-state index in [-0.39, 0.29) is 11.1 Å². The Morgan fingerprint density at radius 2 is 1.88 bits per heavy atom. The van der Waals surface area contributed by atoms with E-state index in [0.717, 1.165) is 6.07 Å². The van der Waals surface area contributed by atoms with Gasteiger partial charge in [0, 0.05) is 5.56 Å². The quantitative estimate of drug-likeness (QED) is 0.765. The first-order chi connectivity index (χ1) is 12.5. The molecule has 2 amide bonds. The van der Waals surface area contributed by atoms with Gasteiger partial charge in [-0.2, -0.15) is 5.26 Å². The molecule has 0 unspecified atom stereocenters. The van der Waals surface area contributed by atoms with Gasteiger partial charge in [-0.15, -0.1) is 0 Å². The molecule has 0 atom stereocenters. The van der Waals surface area contributed by atoms with Gasteiger partial charge < -0.3 is 15.4 Å². The van der Waals surface area contributed by atoms with Crippen molar-refractivity contribution in [1.82, 2.24) is 5.32 Å². The van der Waals surface area contributed by atoms with Crippen molar-refractivity contribution in [3.63, 3.8) is 0 Å². The third-order valence-electron chi connectivity index (χ3n) is 3.17. The minimum absolute atomic E-state index is 0.0589. The van der Waals surface area contributed by atoms with Gasteiger partial charge in [0.05, 0.1) is 11.3 Å². The number of carbonyl (C=O) groups excluding carboxylic acids is 3. The van der Waals surface area contributed by atoms with Gasteiger partial charge in [-0.05, 0) is 30.3 Å². The Bertz CT molecular complexity index is 877. The number of esters is 1. The highest BCUT2D eigenvalue weighted by Crippen LogP contribution is 2.13. The number of nitrogens with one attached hydrogen (secondary N) is 2. The average molecular weight is 355 g/mol. The fourth-order valence-electron chi connectivity index (χ4n) is 1.96. The number of nitrogens with zero attached hydrogens (tertiary/aromatic N) is 1. The highest BCUT2D eigenvalue weighted by atomic mass is 19.1. The molecule has 0 aliphatic heterocycles. The SMILES string of the molecule is N#Cc1ccccc1NC(=O)COC(=O)CNC(=O)c1cccc(F)c1. The van der Waals surface area contributed by atoms with Crippen LogP contribution in [0.2, 0.25) is 0 Å². The van der Waals surface area contributed by atoms with Gasteiger partial charge in [0.1, 0.15) is 18.4 Å². The number of ether oxygens (including phenoxy) is 1. The van der Waals surface area contributed by atoms with Crippen molar-refractivity contribution in [2.24, 2.45) is 0 Å². The Hall–Kier alpha value is -3.73. The molecule has 2 aromatic carbocycles. The first-order valence-electron chi connectivity index (χ1n) is 7.48. The van der Waals surface area contributed by atoms with Crippen molar-refractivity contribution in [2.45, 2.75) is 0 Å². The molecule has 0 spiro atoms. The summed E-state index contributed by atoms with van der Waals surface area (Å²) in [7, 11) is 0. The van der Waals surface area contributed by atoms with Gasteiger partial charge in [-0.3, -0.25) is 14.4 Å². The van der Waals surface area contributed by atoms with E-state index in [1.54, 1.807) is 12.1 Å². The Morgan fingerprint density at radius 1 is 1.12 bits per heavy atom. The van der Waals surface area contributed by atoms with E-state index in [1.165, 1.54) is 30.3 Å². The molecule has 0 aromatic heterocycles. The molecule has 26 heavy (non-hydrogen) atoms. The van der Waals surface area contributed by atoms with Gasteiger partial charge in [0.2, 0.25) is 0 Å². The molecule has 2 N–H and O–H groups in total. The van der Waals surface area contributed by atoms with E-state index in [1.807, 2.05) is 6.07 Å². The first-order valence-corrected chi connectivity index (χ1v) is 7.48. The van der Waals surface area contributed by atoms with Crippen LogP contribution in [-0.4, -0.2) is 30.9 Å². The first kappa shape index (κ1) is 18.6. The largest absolute Gasteiger partial charge is 0.454 e. The number of anilines is 1. The highest BCUT2D eigenvalue weighted by molar-refractivity contribution is 5.96. The summed E-state index contributed by atoms with van der Waals surface area (Å²) >= 11 is 0. The van der Waals surface area contributed by atoms with Gasteiger partial charge in [0.15, 0.2) is 6.61 Å². The Labute approximate surface area is 148 Å². The molecule has 0 bridgehead atoms. The third-order valence-corrected chi connectivity index (χ3v) is 3.17. The summed E-state index contributed by atoms with van der Waals surface area (Å²) < 4.78 is 17.8. The van der Waals surface area contributed by atoms with Crippen LogP contribution >= 0.6 is 0 Å². The smallest absolute Gasteiger partial charge is 0.325 e. The molecule has 0 aliphatic rings. The normalized spacial score (nSPS) is 9.69. The van der Waals surface area contributed by atoms with Crippen molar-refractivity contribution in [1.29, 1.82) is 5.26 Å². The Morgan fingerprint density at radius 3 is 2.62 bits per heavy atom. The zero-order valence-electron chi connectivity index (χ0n) is 13.5. The maximum Gasteiger partial charge on any atom is 0.325 e. The lowest BCUT2D eigenvalue weighted by molar-refractivity contribution is -0.146. The van der Waals surface area contributed by atoms with Crippen molar-refractivity contribution >= 4 is 23.5 Å². The molecule has 0 saturated heterocycles. The summed E-state index contributed by atoms with van der Waals surface area (Å²) in [6, 6.07) is 13.3. The van der Waals surface area contributed by atoms with E-state index in [4.69, 9.17) is 10.00 Å². The lowest BCUT2D eigenvalue weighted by Gasteiger charge is -2.08. The molecular formula is C18H14FN3O4. The van der Waals surface area contributed by atoms with Gasteiger partial charge in [-0.1, -0.05) is 18.2 Å². The molecule has 0 aliphatic carbocycles. The van der Waals surface area contributed by atoms with E-state index < -0.39 is 36.8 Å². The lowest BCUT2D eigenvalue weighted by atomic mass is 10.2. The molecule has 7 nitrogen and oxygen atoms in total. The van der Waals surface area contributed by atoms with Crippen LogP contribution in [-0.2, 0) is 14.3 Å². The minimum atomic E-state index is -0.835. The van der Waals surface area contributed by atoms with E-state index in [0.29, 0.717) is 5.69 Å². The molecule has 0 fully saturated rings. The summed E-state index contributed by atoms with van der Waals surface area (Å²) in [4.78, 5) is 35.1. The van der Waals surface area contributed by atoms with Crippen molar-refractivity contribution < 1.29 is 23.5 Å². The summed E-state index contributed by atoms with van der Waals surface area (Å²) in [6.07, 6.45) is 0. The number of amides is 2. The topological polar surface area (TPSA) is 108 Å². The third kappa shape index (κ3) is 5.42. The number of halogens is 1. The summed E-state index contributed by atoms with van der Waals surface area (Å²) in [6.45, 7) is -1.05. The van der Waals surface area contributed by atoms with Crippen molar-refractivity contribution in [3.8, 4) is 6.07 Å². The minimum Gasteiger partial charge on any atom is -0.454 e. The maximum atomic E-state index is 13.0. The van der Waals surface area contributed by atoms with Crippen LogP contribution in [0.1, 0.15) is 15.9 Å². The van der Waals surface area contributed by atoms with Crippen LogP contribution in [0.15, 0.2) is 48.5 Å². The summed E-state index contributed by atoms with van der Waals surface area (Å²) in [5, 5.41) is 13.6. The molecule has 0 radical (unpaired) electrons. The second-order valence-electron chi connectivity index (χ2n) is 5.06. The van der Waals surface area contributed by atoms with Crippen LogP contribution in [0.5, 0.6) is 0 Å². The second-order valence-corrected chi connectivity index (χ2v) is 5.06.